The van der Waals surface area contributed by atoms with E-state index in [9.17, 15) is 4.79 Å². The third kappa shape index (κ3) is 4.40. The van der Waals surface area contributed by atoms with E-state index in [4.69, 9.17) is 10.7 Å². The number of thiazole rings is 1. The van der Waals surface area contributed by atoms with Gasteiger partial charge < -0.3 is 11.1 Å². The number of aromatic nitrogens is 1. The van der Waals surface area contributed by atoms with E-state index < -0.39 is 0 Å². The van der Waals surface area contributed by atoms with Crippen molar-refractivity contribution >= 4 is 33.2 Å². The van der Waals surface area contributed by atoms with Gasteiger partial charge in [-0.05, 0) is 31.4 Å². The number of hydrogen-bond acceptors (Lipinski definition) is 4. The average Bonchev–Trinajstić information content (AvgIpc) is 3.02. The van der Waals surface area contributed by atoms with E-state index in [1.807, 2.05) is 12.1 Å². The minimum absolute atomic E-state index is 0.0221. The second kappa shape index (κ2) is 7.55. The van der Waals surface area contributed by atoms with Gasteiger partial charge in [0.2, 0.25) is 5.91 Å². The molecule has 1 fully saturated rings. The van der Waals surface area contributed by atoms with E-state index in [0.717, 1.165) is 53.0 Å². The lowest BCUT2D eigenvalue weighted by Crippen LogP contribution is -2.38. The molecule has 1 heterocycles. The zero-order valence-electron chi connectivity index (χ0n) is 12.8. The number of primary amides is 1. The summed E-state index contributed by atoms with van der Waals surface area (Å²) in [5, 5.41) is 6.65. The molecule has 0 bridgehead atoms. The lowest BCUT2D eigenvalue weighted by molar-refractivity contribution is -0.122. The number of benzene rings is 1. The van der Waals surface area contributed by atoms with Crippen LogP contribution < -0.4 is 11.1 Å². The lowest BCUT2D eigenvalue weighted by atomic mass is 9.85. The SMILES string of the molecule is NC(=O)C1CCCC(NCc2csc(-c3cccc(Br)c3)n2)C1. The van der Waals surface area contributed by atoms with Gasteiger partial charge in [0.25, 0.3) is 0 Å². The Morgan fingerprint density at radius 2 is 2.30 bits per heavy atom. The van der Waals surface area contributed by atoms with Crippen molar-refractivity contribution in [2.75, 3.05) is 0 Å². The van der Waals surface area contributed by atoms with Gasteiger partial charge in [-0.3, -0.25) is 4.79 Å². The van der Waals surface area contributed by atoms with Gasteiger partial charge in [0.05, 0.1) is 5.69 Å². The number of amides is 1. The summed E-state index contributed by atoms with van der Waals surface area (Å²) in [6.07, 6.45) is 3.94. The smallest absolute Gasteiger partial charge is 0.220 e. The summed E-state index contributed by atoms with van der Waals surface area (Å²) in [5.74, 6) is -0.143. The van der Waals surface area contributed by atoms with E-state index in [1.165, 1.54) is 0 Å². The van der Waals surface area contributed by atoms with Crippen molar-refractivity contribution in [1.82, 2.24) is 10.3 Å². The summed E-state index contributed by atoms with van der Waals surface area (Å²) in [6, 6.07) is 8.54. The first kappa shape index (κ1) is 16.6. The van der Waals surface area contributed by atoms with Crippen molar-refractivity contribution in [3.63, 3.8) is 0 Å². The molecular formula is C17H20BrN3OS. The molecule has 1 aliphatic carbocycles. The fraction of sp³-hybridized carbons (Fsp3) is 0.412. The molecule has 23 heavy (non-hydrogen) atoms. The number of hydrogen-bond donors (Lipinski definition) is 2. The second-order valence-electron chi connectivity index (χ2n) is 6.00. The Bertz CT molecular complexity index is 688. The van der Waals surface area contributed by atoms with Crippen LogP contribution in [0.1, 0.15) is 31.4 Å². The number of halogens is 1. The molecule has 3 rings (SSSR count). The maximum atomic E-state index is 11.3. The van der Waals surface area contributed by atoms with Gasteiger partial charge in [-0.25, -0.2) is 4.98 Å². The molecule has 0 saturated heterocycles. The van der Waals surface area contributed by atoms with Gasteiger partial charge >= 0.3 is 0 Å². The van der Waals surface area contributed by atoms with Gasteiger partial charge in [0, 0.05) is 33.9 Å². The van der Waals surface area contributed by atoms with E-state index in [2.05, 4.69) is 38.8 Å². The van der Waals surface area contributed by atoms with Crippen LogP contribution in [0, 0.1) is 5.92 Å². The molecule has 1 saturated carbocycles. The van der Waals surface area contributed by atoms with Crippen LogP contribution in [-0.4, -0.2) is 16.9 Å². The second-order valence-corrected chi connectivity index (χ2v) is 7.77. The number of nitrogens with two attached hydrogens (primary N) is 1. The Hall–Kier alpha value is -1.24. The minimum atomic E-state index is -0.165. The molecule has 2 unspecified atom stereocenters. The predicted molar refractivity (Wildman–Crippen MR) is 97.0 cm³/mol. The Morgan fingerprint density at radius 3 is 3.09 bits per heavy atom. The van der Waals surface area contributed by atoms with E-state index in [1.54, 1.807) is 11.3 Å². The largest absolute Gasteiger partial charge is 0.369 e. The van der Waals surface area contributed by atoms with E-state index in [0.29, 0.717) is 6.04 Å². The zero-order chi connectivity index (χ0) is 16.2. The standard InChI is InChI=1S/C17H20BrN3OS/c18-13-5-1-4-12(7-13)17-21-15(10-23-17)9-20-14-6-2-3-11(8-14)16(19)22/h1,4-5,7,10-11,14,20H,2-3,6,8-9H2,(H2,19,22). The normalized spacial score (nSPS) is 21.3. The van der Waals surface area contributed by atoms with E-state index >= 15 is 0 Å². The molecule has 0 spiro atoms. The first-order valence-corrected chi connectivity index (χ1v) is 9.52. The van der Waals surface area contributed by atoms with Gasteiger partial charge in [-0.2, -0.15) is 0 Å². The van der Waals surface area contributed by atoms with Crippen LogP contribution in [0.25, 0.3) is 10.6 Å². The van der Waals surface area contributed by atoms with Crippen molar-refractivity contribution in [3.8, 4) is 10.6 Å². The summed E-state index contributed by atoms with van der Waals surface area (Å²) in [6.45, 7) is 0.737. The van der Waals surface area contributed by atoms with Crippen LogP contribution in [0.5, 0.6) is 0 Å². The molecule has 3 N–H and O–H groups in total. The molecule has 0 aliphatic heterocycles. The number of nitrogens with zero attached hydrogens (tertiary/aromatic N) is 1. The molecule has 2 atom stereocenters. The van der Waals surface area contributed by atoms with Crippen molar-refractivity contribution in [2.45, 2.75) is 38.3 Å². The topological polar surface area (TPSA) is 68.0 Å². The van der Waals surface area contributed by atoms with Gasteiger partial charge in [0.1, 0.15) is 5.01 Å². The van der Waals surface area contributed by atoms with Gasteiger partial charge in [-0.1, -0.05) is 34.5 Å². The molecule has 1 aromatic heterocycles. The monoisotopic (exact) mass is 393 g/mol. The fourth-order valence-corrected chi connectivity index (χ4v) is 4.24. The highest BCUT2D eigenvalue weighted by atomic mass is 79.9. The molecule has 1 amide bonds. The average molecular weight is 394 g/mol. The summed E-state index contributed by atoms with van der Waals surface area (Å²) in [7, 11) is 0. The molecule has 1 aliphatic rings. The van der Waals surface area contributed by atoms with Crippen LogP contribution in [0.15, 0.2) is 34.1 Å². The third-order valence-corrected chi connectivity index (χ3v) is 5.71. The van der Waals surface area contributed by atoms with Crippen LogP contribution >= 0.6 is 27.3 Å². The number of carbonyl (C=O) groups is 1. The molecule has 6 heteroatoms. The first-order valence-electron chi connectivity index (χ1n) is 7.85. The summed E-state index contributed by atoms with van der Waals surface area (Å²) >= 11 is 5.15. The molecule has 0 radical (unpaired) electrons. The highest BCUT2D eigenvalue weighted by Gasteiger charge is 2.25. The molecule has 1 aromatic carbocycles. The highest BCUT2D eigenvalue weighted by molar-refractivity contribution is 9.10. The van der Waals surface area contributed by atoms with Crippen LogP contribution in [0.3, 0.4) is 0 Å². The van der Waals surface area contributed by atoms with Crippen molar-refractivity contribution in [2.24, 2.45) is 11.7 Å². The summed E-state index contributed by atoms with van der Waals surface area (Å²) in [5.41, 5.74) is 7.61. The number of carbonyl (C=O) groups excluding carboxylic acids is 1. The first-order chi connectivity index (χ1) is 11.1. The Balaban J connectivity index is 1.58. The lowest BCUT2D eigenvalue weighted by Gasteiger charge is -2.27. The van der Waals surface area contributed by atoms with Crippen LogP contribution in [0.4, 0.5) is 0 Å². The van der Waals surface area contributed by atoms with Gasteiger partial charge in [-0.15, -0.1) is 11.3 Å². The quantitative estimate of drug-likeness (QED) is 0.813. The van der Waals surface area contributed by atoms with Gasteiger partial charge in [0.15, 0.2) is 0 Å². The Morgan fingerprint density at radius 1 is 1.43 bits per heavy atom. The summed E-state index contributed by atoms with van der Waals surface area (Å²) < 4.78 is 1.06. The Labute approximate surface area is 148 Å². The number of rotatable bonds is 5. The maximum absolute atomic E-state index is 11.3. The van der Waals surface area contributed by atoms with Crippen LogP contribution in [-0.2, 0) is 11.3 Å². The predicted octanol–water partition coefficient (Wildman–Crippen LogP) is 3.71. The van der Waals surface area contributed by atoms with Crippen molar-refractivity contribution in [1.29, 1.82) is 0 Å². The number of nitrogens with one attached hydrogen (secondary N) is 1. The van der Waals surface area contributed by atoms with Crippen molar-refractivity contribution < 1.29 is 4.79 Å². The minimum Gasteiger partial charge on any atom is -0.369 e. The molecular weight excluding hydrogens is 374 g/mol. The fourth-order valence-electron chi connectivity index (χ4n) is 3.02. The van der Waals surface area contributed by atoms with Crippen molar-refractivity contribution in [3.05, 3.63) is 39.8 Å². The third-order valence-electron chi connectivity index (χ3n) is 4.27. The Kier molecular flexibility index (Phi) is 5.46. The maximum Gasteiger partial charge on any atom is 0.220 e. The van der Waals surface area contributed by atoms with Crippen LogP contribution in [0.2, 0.25) is 0 Å². The zero-order valence-corrected chi connectivity index (χ0v) is 15.2. The summed E-state index contributed by atoms with van der Waals surface area (Å²) in [4.78, 5) is 16.0. The highest BCUT2D eigenvalue weighted by Crippen LogP contribution is 2.27. The molecule has 122 valence electrons. The van der Waals surface area contributed by atoms with E-state index in [-0.39, 0.29) is 11.8 Å². The molecule has 4 nitrogen and oxygen atoms in total. The molecule has 2 aromatic rings.